The highest BCUT2D eigenvalue weighted by atomic mass is 32.2. The van der Waals surface area contributed by atoms with Gasteiger partial charge in [-0.15, -0.1) is 10.2 Å². The molecule has 0 unspecified atom stereocenters. The van der Waals surface area contributed by atoms with Crippen LogP contribution in [0.25, 0.3) is 22.6 Å². The van der Waals surface area contributed by atoms with E-state index in [0.29, 0.717) is 67.6 Å². The molecule has 0 aromatic carbocycles. The molecule has 2 aliphatic carbocycles. The summed E-state index contributed by atoms with van der Waals surface area (Å²) in [5, 5.41) is 30.1. The summed E-state index contributed by atoms with van der Waals surface area (Å²) in [6, 6.07) is 7.74. The smallest absolute Gasteiger partial charge is 0.256 e. The SMILES string of the molecule is CC1(O)CCC(Nc2cc(Nc3ccnc(-c4cnn(S(=O)(=O)C5CC5)c4)n3)ncc2-c2ccc(N3CCOCC3)nn2)CC1. The van der Waals surface area contributed by atoms with Crippen LogP contribution < -0.4 is 15.5 Å². The van der Waals surface area contributed by atoms with Gasteiger partial charge in [0.25, 0.3) is 10.0 Å². The lowest BCUT2D eigenvalue weighted by Gasteiger charge is -2.34. The maximum absolute atomic E-state index is 12.6. The summed E-state index contributed by atoms with van der Waals surface area (Å²) < 4.78 is 31.6. The second-order valence-corrected chi connectivity index (χ2v) is 14.2. The number of ether oxygens (including phenoxy) is 1. The van der Waals surface area contributed by atoms with Crippen molar-refractivity contribution in [1.82, 2.24) is 34.3 Å². The first-order valence-corrected chi connectivity index (χ1v) is 16.8. The number of hydrogen-bond acceptors (Lipinski definition) is 13. The van der Waals surface area contributed by atoms with E-state index in [9.17, 15) is 13.5 Å². The predicted molar refractivity (Wildman–Crippen MR) is 169 cm³/mol. The highest BCUT2D eigenvalue weighted by molar-refractivity contribution is 7.90. The van der Waals surface area contributed by atoms with Gasteiger partial charge in [-0.1, -0.05) is 0 Å². The zero-order valence-corrected chi connectivity index (χ0v) is 25.8. The molecular formula is C30H36N10O4S. The van der Waals surface area contributed by atoms with E-state index in [0.717, 1.165) is 47.1 Å². The van der Waals surface area contributed by atoms with Crippen LogP contribution in [-0.4, -0.2) is 91.1 Å². The lowest BCUT2D eigenvalue weighted by molar-refractivity contribution is 0.0196. The zero-order valence-electron chi connectivity index (χ0n) is 25.0. The number of aromatic nitrogens is 7. The molecule has 0 amide bonds. The Hall–Kier alpha value is -4.21. The molecule has 1 aliphatic heterocycles. The summed E-state index contributed by atoms with van der Waals surface area (Å²) in [6.07, 6.45) is 10.7. The van der Waals surface area contributed by atoms with Gasteiger partial charge in [-0.05, 0) is 63.6 Å². The van der Waals surface area contributed by atoms with Gasteiger partial charge in [0.15, 0.2) is 11.6 Å². The topological polar surface area (TPSA) is 173 Å². The quantitative estimate of drug-likeness (QED) is 0.246. The highest BCUT2D eigenvalue weighted by Crippen LogP contribution is 2.35. The van der Waals surface area contributed by atoms with E-state index in [1.54, 1.807) is 18.5 Å². The number of rotatable bonds is 9. The third-order valence-corrected chi connectivity index (χ3v) is 10.6. The zero-order chi connectivity index (χ0) is 31.0. The van der Waals surface area contributed by atoms with Crippen LogP contribution in [0.3, 0.4) is 0 Å². The molecule has 7 rings (SSSR count). The van der Waals surface area contributed by atoms with E-state index in [4.69, 9.17) is 4.74 Å². The second-order valence-electron chi connectivity index (χ2n) is 12.1. The highest BCUT2D eigenvalue weighted by Gasteiger charge is 2.37. The number of aliphatic hydroxyl groups is 1. The van der Waals surface area contributed by atoms with E-state index in [-0.39, 0.29) is 11.3 Å². The fourth-order valence-corrected chi connectivity index (χ4v) is 7.13. The van der Waals surface area contributed by atoms with Gasteiger partial charge in [-0.3, -0.25) is 0 Å². The lowest BCUT2D eigenvalue weighted by Crippen LogP contribution is -2.36. The van der Waals surface area contributed by atoms with Crippen LogP contribution in [0.2, 0.25) is 0 Å². The van der Waals surface area contributed by atoms with Gasteiger partial charge in [0.05, 0.1) is 47.7 Å². The predicted octanol–water partition coefficient (Wildman–Crippen LogP) is 3.22. The van der Waals surface area contributed by atoms with Gasteiger partial charge in [0, 0.05) is 48.8 Å². The van der Waals surface area contributed by atoms with E-state index in [1.165, 1.54) is 12.4 Å². The summed E-state index contributed by atoms with van der Waals surface area (Å²) in [5.74, 6) is 2.20. The van der Waals surface area contributed by atoms with Crippen LogP contribution in [0.15, 0.2) is 49.1 Å². The van der Waals surface area contributed by atoms with Crippen LogP contribution in [0, 0.1) is 0 Å². The number of morpholine rings is 1. The van der Waals surface area contributed by atoms with Crippen molar-refractivity contribution in [3.05, 3.63) is 49.1 Å². The molecule has 4 aromatic heterocycles. The minimum atomic E-state index is -3.48. The van der Waals surface area contributed by atoms with Crippen LogP contribution in [-0.2, 0) is 14.8 Å². The van der Waals surface area contributed by atoms with Gasteiger partial charge >= 0.3 is 0 Å². The number of pyridine rings is 1. The van der Waals surface area contributed by atoms with Crippen LogP contribution in [0.4, 0.5) is 23.1 Å². The Labute approximate surface area is 261 Å². The van der Waals surface area contributed by atoms with Crippen LogP contribution in [0.5, 0.6) is 0 Å². The standard InChI is InChI=1S/C30H36N10O4S/c1-30(41)9-6-21(7-10-30)34-25-16-27(32-18-23(25)24-4-5-28(38-37-24)39-12-14-44-15-13-39)35-26-8-11-31-29(36-26)20-17-33-40(19-20)45(42,43)22-2-3-22/h4-5,8,11,16-19,21-22,41H,2-3,6-7,9-10,12-15H2,1H3,(H2,31,32,34,35,36). The summed E-state index contributed by atoms with van der Waals surface area (Å²) >= 11 is 0. The first-order valence-electron chi connectivity index (χ1n) is 15.3. The van der Waals surface area contributed by atoms with Gasteiger partial charge in [0.2, 0.25) is 0 Å². The Morgan fingerprint density at radius 2 is 1.80 bits per heavy atom. The monoisotopic (exact) mass is 632 g/mol. The van der Waals surface area contributed by atoms with Crippen LogP contribution in [0.1, 0.15) is 45.4 Å². The molecule has 3 aliphatic rings. The molecular weight excluding hydrogens is 596 g/mol. The number of nitrogens with one attached hydrogen (secondary N) is 2. The molecule has 0 bridgehead atoms. The molecule has 14 nitrogen and oxygen atoms in total. The molecule has 15 heteroatoms. The number of hydrogen-bond donors (Lipinski definition) is 3. The van der Waals surface area contributed by atoms with Crippen molar-refractivity contribution < 1.29 is 18.3 Å². The molecule has 0 atom stereocenters. The molecule has 4 aromatic rings. The average molecular weight is 633 g/mol. The molecule has 0 radical (unpaired) electrons. The normalized spacial score (nSPS) is 22.3. The maximum atomic E-state index is 12.6. The fraction of sp³-hybridized carbons (Fsp3) is 0.467. The molecule has 3 fully saturated rings. The molecule has 45 heavy (non-hydrogen) atoms. The molecule has 5 heterocycles. The summed E-state index contributed by atoms with van der Waals surface area (Å²) in [4.78, 5) is 15.7. The third kappa shape index (κ3) is 6.60. The Morgan fingerprint density at radius 3 is 2.53 bits per heavy atom. The van der Waals surface area contributed by atoms with E-state index < -0.39 is 15.6 Å². The van der Waals surface area contributed by atoms with Gasteiger partial charge in [0.1, 0.15) is 11.6 Å². The first-order chi connectivity index (χ1) is 21.7. The van der Waals surface area contributed by atoms with Crippen molar-refractivity contribution in [2.45, 2.75) is 62.3 Å². The third-order valence-electron chi connectivity index (χ3n) is 8.52. The van der Waals surface area contributed by atoms with Crippen molar-refractivity contribution in [3.8, 4) is 22.6 Å². The summed E-state index contributed by atoms with van der Waals surface area (Å²) in [7, 11) is -3.48. The van der Waals surface area contributed by atoms with E-state index in [1.807, 2.05) is 25.1 Å². The largest absolute Gasteiger partial charge is 0.390 e. The Kier molecular flexibility index (Phi) is 7.83. The van der Waals surface area contributed by atoms with Crippen molar-refractivity contribution in [1.29, 1.82) is 0 Å². The van der Waals surface area contributed by atoms with Crippen LogP contribution >= 0.6 is 0 Å². The van der Waals surface area contributed by atoms with E-state index >= 15 is 0 Å². The molecule has 2 saturated carbocycles. The van der Waals surface area contributed by atoms with Gasteiger partial charge in [-0.2, -0.15) is 9.19 Å². The molecule has 1 saturated heterocycles. The lowest BCUT2D eigenvalue weighted by atomic mass is 9.83. The Balaban J connectivity index is 1.14. The number of nitrogens with zero attached hydrogens (tertiary/aromatic N) is 8. The number of anilines is 4. The first kappa shape index (κ1) is 29.5. The molecule has 3 N–H and O–H groups in total. The Morgan fingerprint density at radius 1 is 1.00 bits per heavy atom. The summed E-state index contributed by atoms with van der Waals surface area (Å²) in [5.41, 5.74) is 2.20. The van der Waals surface area contributed by atoms with Crippen molar-refractivity contribution >= 4 is 33.2 Å². The van der Waals surface area contributed by atoms with Crippen molar-refractivity contribution in [3.63, 3.8) is 0 Å². The second kappa shape index (κ2) is 11.9. The average Bonchev–Trinajstić information content (AvgIpc) is 3.80. The minimum Gasteiger partial charge on any atom is -0.390 e. The molecule has 236 valence electrons. The van der Waals surface area contributed by atoms with Gasteiger partial charge in [-0.25, -0.2) is 23.4 Å². The Bertz CT molecular complexity index is 1760. The fourth-order valence-electron chi connectivity index (χ4n) is 5.66. The van der Waals surface area contributed by atoms with Crippen molar-refractivity contribution in [2.75, 3.05) is 41.8 Å². The van der Waals surface area contributed by atoms with Crippen molar-refractivity contribution in [2.24, 2.45) is 0 Å². The van der Waals surface area contributed by atoms with E-state index in [2.05, 4.69) is 45.8 Å². The molecule has 0 spiro atoms. The maximum Gasteiger partial charge on any atom is 0.256 e. The minimum absolute atomic E-state index is 0.175. The van der Waals surface area contributed by atoms with Gasteiger partial charge < -0.3 is 25.4 Å². The summed E-state index contributed by atoms with van der Waals surface area (Å²) in [6.45, 7) is 4.79.